The van der Waals surface area contributed by atoms with Crippen LogP contribution in [0.1, 0.15) is 35.7 Å². The predicted molar refractivity (Wildman–Crippen MR) is 151 cm³/mol. The van der Waals surface area contributed by atoms with Crippen molar-refractivity contribution >= 4 is 45.0 Å². The molecule has 5 rings (SSSR count). The number of likely N-dealkylation sites (N-methyl/N-ethyl adjacent to an activating group) is 1. The fourth-order valence-corrected chi connectivity index (χ4v) is 5.33. The van der Waals surface area contributed by atoms with E-state index in [2.05, 4.69) is 32.7 Å². The second-order valence-corrected chi connectivity index (χ2v) is 10.3. The van der Waals surface area contributed by atoms with Gasteiger partial charge in [-0.05, 0) is 49.2 Å². The standard InChI is InChI=1S/C28H36N8O2/c1-6-29-20-9-11-36(12-10-20)24-8-7-22(27-23(24)17-35(5)32-27)28(38)30-21-13-18(15-25(37)33(2)3)26-19(14-21)16-34(4)31-26/h7-8,13-14,16-17,20,29H,6,9-12,15H2,1-5H3,(H,30,38). The summed E-state index contributed by atoms with van der Waals surface area (Å²) in [5, 5.41) is 17.6. The molecule has 0 radical (unpaired) electrons. The van der Waals surface area contributed by atoms with Crippen molar-refractivity contribution in [2.45, 2.75) is 32.2 Å². The molecule has 1 aliphatic heterocycles. The summed E-state index contributed by atoms with van der Waals surface area (Å²) >= 11 is 0. The molecule has 1 fully saturated rings. The van der Waals surface area contributed by atoms with Crippen LogP contribution >= 0.6 is 0 Å². The maximum atomic E-state index is 13.5. The van der Waals surface area contributed by atoms with E-state index < -0.39 is 0 Å². The number of aromatic nitrogens is 4. The maximum absolute atomic E-state index is 13.5. The molecule has 0 bridgehead atoms. The highest BCUT2D eigenvalue weighted by molar-refractivity contribution is 6.14. The Bertz CT molecular complexity index is 1490. The van der Waals surface area contributed by atoms with E-state index >= 15 is 0 Å². The highest BCUT2D eigenvalue weighted by Crippen LogP contribution is 2.32. The number of nitrogens with zero attached hydrogens (tertiary/aromatic N) is 6. The number of fused-ring (bicyclic) bond motifs is 2. The van der Waals surface area contributed by atoms with Crippen LogP contribution in [0.3, 0.4) is 0 Å². The van der Waals surface area contributed by atoms with Gasteiger partial charge in [0.05, 0.1) is 17.5 Å². The molecule has 0 spiro atoms. The molecule has 2 N–H and O–H groups in total. The van der Waals surface area contributed by atoms with Gasteiger partial charge in [-0.2, -0.15) is 10.2 Å². The third kappa shape index (κ3) is 5.08. The molecular formula is C28H36N8O2. The van der Waals surface area contributed by atoms with E-state index in [0.717, 1.165) is 60.0 Å². The Labute approximate surface area is 222 Å². The van der Waals surface area contributed by atoms with Crippen molar-refractivity contribution in [1.29, 1.82) is 0 Å². The highest BCUT2D eigenvalue weighted by atomic mass is 16.2. The minimum atomic E-state index is -0.237. The molecule has 10 nitrogen and oxygen atoms in total. The molecule has 1 saturated heterocycles. The predicted octanol–water partition coefficient (Wildman–Crippen LogP) is 2.92. The largest absolute Gasteiger partial charge is 0.371 e. The topological polar surface area (TPSA) is 100 Å². The van der Waals surface area contributed by atoms with E-state index in [9.17, 15) is 9.59 Å². The molecule has 2 amide bonds. The van der Waals surface area contributed by atoms with Crippen molar-refractivity contribution < 1.29 is 9.59 Å². The number of benzene rings is 2. The second kappa shape index (κ2) is 10.4. The van der Waals surface area contributed by atoms with E-state index in [1.54, 1.807) is 28.4 Å². The van der Waals surface area contributed by atoms with Crippen LogP contribution in [-0.2, 0) is 25.3 Å². The average Bonchev–Trinajstić information content (AvgIpc) is 3.45. The number of carbonyl (C=O) groups excluding carboxylic acids is 2. The monoisotopic (exact) mass is 516 g/mol. The smallest absolute Gasteiger partial charge is 0.257 e. The Kier molecular flexibility index (Phi) is 7.07. The van der Waals surface area contributed by atoms with Crippen molar-refractivity contribution in [2.75, 3.05) is 43.9 Å². The summed E-state index contributed by atoms with van der Waals surface area (Å²) < 4.78 is 3.49. The number of carbonyl (C=O) groups is 2. The van der Waals surface area contributed by atoms with Gasteiger partial charge in [-0.1, -0.05) is 6.92 Å². The fourth-order valence-electron chi connectivity index (χ4n) is 5.33. The van der Waals surface area contributed by atoms with Crippen molar-refractivity contribution in [3.05, 3.63) is 47.8 Å². The fraction of sp³-hybridized carbons (Fsp3) is 0.429. The Hall–Kier alpha value is -3.92. The number of amides is 2. The van der Waals surface area contributed by atoms with E-state index in [0.29, 0.717) is 22.8 Å². The highest BCUT2D eigenvalue weighted by Gasteiger charge is 2.23. The van der Waals surface area contributed by atoms with Crippen LogP contribution in [0, 0.1) is 0 Å². The first kappa shape index (κ1) is 25.7. The number of piperidine rings is 1. The van der Waals surface area contributed by atoms with Crippen LogP contribution in [0.4, 0.5) is 11.4 Å². The SMILES string of the molecule is CCNC1CCN(c2ccc(C(=O)Nc3cc(CC(=O)N(C)C)c4nn(C)cc4c3)c3nn(C)cc23)CC1. The van der Waals surface area contributed by atoms with Gasteiger partial charge in [0.15, 0.2) is 0 Å². The first-order valence-corrected chi connectivity index (χ1v) is 13.2. The quantitative estimate of drug-likeness (QED) is 0.392. The van der Waals surface area contributed by atoms with Crippen molar-refractivity contribution in [1.82, 2.24) is 29.8 Å². The summed E-state index contributed by atoms with van der Waals surface area (Å²) in [5.41, 5.74) is 4.47. The van der Waals surface area contributed by atoms with Crippen LogP contribution in [0.5, 0.6) is 0 Å². The minimum Gasteiger partial charge on any atom is -0.371 e. The van der Waals surface area contributed by atoms with Gasteiger partial charge in [-0.15, -0.1) is 0 Å². The Morgan fingerprint density at radius 3 is 2.45 bits per heavy atom. The summed E-state index contributed by atoms with van der Waals surface area (Å²) in [6.45, 7) is 5.07. The number of aryl methyl sites for hydroxylation is 2. The lowest BCUT2D eigenvalue weighted by Gasteiger charge is -2.34. The molecule has 10 heteroatoms. The Balaban J connectivity index is 1.44. The Morgan fingerprint density at radius 2 is 1.74 bits per heavy atom. The zero-order chi connectivity index (χ0) is 27.0. The van der Waals surface area contributed by atoms with Gasteiger partial charge >= 0.3 is 0 Å². The average molecular weight is 517 g/mol. The molecule has 2 aromatic heterocycles. The van der Waals surface area contributed by atoms with E-state index in [1.807, 2.05) is 50.8 Å². The van der Waals surface area contributed by atoms with Crippen LogP contribution in [0.25, 0.3) is 21.8 Å². The van der Waals surface area contributed by atoms with E-state index in [1.165, 1.54) is 0 Å². The Morgan fingerprint density at radius 1 is 1.03 bits per heavy atom. The van der Waals surface area contributed by atoms with Crippen molar-refractivity contribution in [3.8, 4) is 0 Å². The molecule has 0 atom stereocenters. The van der Waals surface area contributed by atoms with Crippen LogP contribution in [-0.4, -0.2) is 76.0 Å². The summed E-state index contributed by atoms with van der Waals surface area (Å²) in [6.07, 6.45) is 6.26. The first-order valence-electron chi connectivity index (χ1n) is 13.2. The minimum absolute atomic E-state index is 0.0271. The normalized spacial score (nSPS) is 14.4. The molecule has 38 heavy (non-hydrogen) atoms. The van der Waals surface area contributed by atoms with Gasteiger partial charge in [0.1, 0.15) is 5.52 Å². The maximum Gasteiger partial charge on any atom is 0.257 e. The number of hydrogen-bond donors (Lipinski definition) is 2. The molecule has 2 aromatic carbocycles. The zero-order valence-corrected chi connectivity index (χ0v) is 22.8. The molecule has 4 aromatic rings. The third-order valence-corrected chi connectivity index (χ3v) is 7.24. The molecule has 0 aliphatic carbocycles. The van der Waals surface area contributed by atoms with Crippen molar-refractivity contribution in [3.63, 3.8) is 0 Å². The van der Waals surface area contributed by atoms with Crippen LogP contribution in [0.15, 0.2) is 36.7 Å². The number of rotatable bonds is 7. The van der Waals surface area contributed by atoms with Gasteiger partial charge in [0.2, 0.25) is 5.91 Å². The van der Waals surface area contributed by atoms with Gasteiger partial charge in [-0.25, -0.2) is 0 Å². The second-order valence-electron chi connectivity index (χ2n) is 10.3. The summed E-state index contributed by atoms with van der Waals surface area (Å²) in [7, 11) is 7.19. The van der Waals surface area contributed by atoms with E-state index in [-0.39, 0.29) is 18.2 Å². The molecule has 200 valence electrons. The van der Waals surface area contributed by atoms with Gasteiger partial charge < -0.3 is 20.4 Å². The lowest BCUT2D eigenvalue weighted by atomic mass is 10.0. The first-order chi connectivity index (χ1) is 18.2. The molecule has 0 unspecified atom stereocenters. The van der Waals surface area contributed by atoms with Gasteiger partial charge in [-0.3, -0.25) is 19.0 Å². The number of nitrogens with one attached hydrogen (secondary N) is 2. The molecule has 0 saturated carbocycles. The van der Waals surface area contributed by atoms with E-state index in [4.69, 9.17) is 0 Å². The summed E-state index contributed by atoms with van der Waals surface area (Å²) in [5.74, 6) is -0.264. The van der Waals surface area contributed by atoms with Gasteiger partial charge in [0.25, 0.3) is 5.91 Å². The zero-order valence-electron chi connectivity index (χ0n) is 22.8. The third-order valence-electron chi connectivity index (χ3n) is 7.24. The lowest BCUT2D eigenvalue weighted by Crippen LogP contribution is -2.42. The molecule has 3 heterocycles. The van der Waals surface area contributed by atoms with Crippen LogP contribution in [0.2, 0.25) is 0 Å². The van der Waals surface area contributed by atoms with Crippen LogP contribution < -0.4 is 15.5 Å². The van der Waals surface area contributed by atoms with Crippen molar-refractivity contribution in [2.24, 2.45) is 14.1 Å². The number of anilines is 2. The molecular weight excluding hydrogens is 480 g/mol. The number of hydrogen-bond acceptors (Lipinski definition) is 6. The lowest BCUT2D eigenvalue weighted by molar-refractivity contribution is -0.127. The summed E-state index contributed by atoms with van der Waals surface area (Å²) in [6, 6.07) is 8.20. The van der Waals surface area contributed by atoms with Gasteiger partial charge in [0, 0.05) is 81.9 Å². The molecule has 1 aliphatic rings. The summed E-state index contributed by atoms with van der Waals surface area (Å²) in [4.78, 5) is 30.0.